The summed E-state index contributed by atoms with van der Waals surface area (Å²) in [5.74, 6) is 1.41. The molecule has 2 atom stereocenters. The number of hydrogen-bond acceptors (Lipinski definition) is 1. The van der Waals surface area contributed by atoms with Gasteiger partial charge in [-0.15, -0.1) is 11.6 Å². The number of rotatable bonds is 3. The van der Waals surface area contributed by atoms with Gasteiger partial charge >= 0.3 is 0 Å². The Morgan fingerprint density at radius 2 is 2.12 bits per heavy atom. The highest BCUT2D eigenvalue weighted by Gasteiger charge is 2.30. The fourth-order valence-corrected chi connectivity index (χ4v) is 3.07. The first-order valence-electron chi connectivity index (χ1n) is 5.75. The van der Waals surface area contributed by atoms with Crippen molar-refractivity contribution < 1.29 is 0 Å². The highest BCUT2D eigenvalue weighted by Crippen LogP contribution is 2.28. The molecule has 1 nitrogen and oxygen atoms in total. The van der Waals surface area contributed by atoms with Crippen LogP contribution in [-0.4, -0.2) is 23.4 Å². The van der Waals surface area contributed by atoms with Crippen molar-refractivity contribution in [2.75, 3.05) is 12.4 Å². The van der Waals surface area contributed by atoms with Crippen molar-refractivity contribution in [3.05, 3.63) is 34.9 Å². The molecule has 0 amide bonds. The molecule has 1 fully saturated rings. The minimum absolute atomic E-state index is 0.498. The SMILES string of the molecule is CC1CCN(Cc2ccccc2Cl)C1CCl. The summed E-state index contributed by atoms with van der Waals surface area (Å²) in [4.78, 5) is 2.44. The van der Waals surface area contributed by atoms with E-state index in [0.717, 1.165) is 18.1 Å². The van der Waals surface area contributed by atoms with Crippen molar-refractivity contribution in [2.45, 2.75) is 25.9 Å². The largest absolute Gasteiger partial charge is 0.295 e. The van der Waals surface area contributed by atoms with Crippen LogP contribution in [0.3, 0.4) is 0 Å². The van der Waals surface area contributed by atoms with Gasteiger partial charge in [0, 0.05) is 23.5 Å². The molecule has 2 unspecified atom stereocenters. The van der Waals surface area contributed by atoms with Gasteiger partial charge in [-0.1, -0.05) is 36.7 Å². The molecule has 3 heteroatoms. The Balaban J connectivity index is 2.08. The molecular formula is C13H17Cl2N. The average Bonchev–Trinajstić information content (AvgIpc) is 2.63. The van der Waals surface area contributed by atoms with Crippen LogP contribution in [0, 0.1) is 5.92 Å². The van der Waals surface area contributed by atoms with Gasteiger partial charge < -0.3 is 0 Å². The third-order valence-electron chi connectivity index (χ3n) is 3.49. The molecule has 0 spiro atoms. The summed E-state index contributed by atoms with van der Waals surface area (Å²) < 4.78 is 0. The van der Waals surface area contributed by atoms with E-state index in [-0.39, 0.29) is 0 Å². The van der Waals surface area contributed by atoms with Gasteiger partial charge in [0.25, 0.3) is 0 Å². The second-order valence-corrected chi connectivity index (χ2v) is 5.27. The molecule has 0 N–H and O–H groups in total. The van der Waals surface area contributed by atoms with Gasteiger partial charge in [-0.05, 0) is 30.5 Å². The number of likely N-dealkylation sites (tertiary alicyclic amines) is 1. The van der Waals surface area contributed by atoms with Gasteiger partial charge in [-0.2, -0.15) is 0 Å². The number of halogens is 2. The van der Waals surface area contributed by atoms with Crippen LogP contribution in [-0.2, 0) is 6.54 Å². The Bertz CT molecular complexity index is 354. The molecule has 0 saturated carbocycles. The molecule has 88 valence electrons. The summed E-state index contributed by atoms with van der Waals surface area (Å²) in [7, 11) is 0. The predicted molar refractivity (Wildman–Crippen MR) is 70.2 cm³/mol. The van der Waals surface area contributed by atoms with Gasteiger partial charge in [0.2, 0.25) is 0 Å². The lowest BCUT2D eigenvalue weighted by Gasteiger charge is -2.25. The second-order valence-electron chi connectivity index (χ2n) is 4.55. The van der Waals surface area contributed by atoms with Crippen LogP contribution in [0.2, 0.25) is 5.02 Å². The van der Waals surface area contributed by atoms with E-state index in [2.05, 4.69) is 17.9 Å². The van der Waals surface area contributed by atoms with Crippen molar-refractivity contribution in [1.82, 2.24) is 4.90 Å². The lowest BCUT2D eigenvalue weighted by atomic mass is 10.0. The molecule has 16 heavy (non-hydrogen) atoms. The summed E-state index contributed by atoms with van der Waals surface area (Å²) in [6.07, 6.45) is 1.24. The number of hydrogen-bond donors (Lipinski definition) is 0. The lowest BCUT2D eigenvalue weighted by molar-refractivity contribution is 0.242. The summed E-state index contributed by atoms with van der Waals surface area (Å²) in [5, 5.41) is 0.857. The quantitative estimate of drug-likeness (QED) is 0.745. The standard InChI is InChI=1S/C13H17Cl2N/c1-10-6-7-16(13(10)8-14)9-11-4-2-3-5-12(11)15/h2-5,10,13H,6-9H2,1H3. The van der Waals surface area contributed by atoms with E-state index in [1.54, 1.807) is 0 Å². The van der Waals surface area contributed by atoms with E-state index in [9.17, 15) is 0 Å². The summed E-state index contributed by atoms with van der Waals surface area (Å²) in [6, 6.07) is 8.55. The summed E-state index contributed by atoms with van der Waals surface area (Å²) in [5.41, 5.74) is 1.20. The smallest absolute Gasteiger partial charge is 0.0451 e. The third kappa shape index (κ3) is 2.53. The minimum Gasteiger partial charge on any atom is -0.295 e. The van der Waals surface area contributed by atoms with Crippen LogP contribution in [0.1, 0.15) is 18.9 Å². The van der Waals surface area contributed by atoms with E-state index in [0.29, 0.717) is 17.8 Å². The van der Waals surface area contributed by atoms with Crippen molar-refractivity contribution >= 4 is 23.2 Å². The monoisotopic (exact) mass is 257 g/mol. The van der Waals surface area contributed by atoms with Gasteiger partial charge in [0.1, 0.15) is 0 Å². The zero-order chi connectivity index (χ0) is 11.5. The molecule has 0 aliphatic carbocycles. The Morgan fingerprint density at radius 1 is 1.38 bits per heavy atom. The molecule has 0 radical (unpaired) electrons. The zero-order valence-electron chi connectivity index (χ0n) is 9.50. The molecule has 1 aliphatic heterocycles. The highest BCUT2D eigenvalue weighted by atomic mass is 35.5. The van der Waals surface area contributed by atoms with Gasteiger partial charge in [0.15, 0.2) is 0 Å². The second kappa shape index (κ2) is 5.39. The molecular weight excluding hydrogens is 241 g/mol. The first-order valence-corrected chi connectivity index (χ1v) is 6.67. The molecule has 1 saturated heterocycles. The molecule has 1 aliphatic rings. The summed E-state index contributed by atoms with van der Waals surface area (Å²) in [6.45, 7) is 4.32. The van der Waals surface area contributed by atoms with E-state index < -0.39 is 0 Å². The topological polar surface area (TPSA) is 3.24 Å². The first kappa shape index (κ1) is 12.2. The maximum Gasteiger partial charge on any atom is 0.0451 e. The fraction of sp³-hybridized carbons (Fsp3) is 0.538. The molecule has 1 heterocycles. The Morgan fingerprint density at radius 3 is 2.81 bits per heavy atom. The number of nitrogens with zero attached hydrogens (tertiary/aromatic N) is 1. The van der Waals surface area contributed by atoms with E-state index in [4.69, 9.17) is 23.2 Å². The van der Waals surface area contributed by atoms with Crippen molar-refractivity contribution in [3.63, 3.8) is 0 Å². The number of alkyl halides is 1. The Hall–Kier alpha value is -0.240. The van der Waals surface area contributed by atoms with Gasteiger partial charge in [-0.3, -0.25) is 4.90 Å². The van der Waals surface area contributed by atoms with Crippen LogP contribution < -0.4 is 0 Å². The Labute approximate surface area is 107 Å². The van der Waals surface area contributed by atoms with Crippen LogP contribution in [0.15, 0.2) is 24.3 Å². The van der Waals surface area contributed by atoms with Crippen molar-refractivity contribution in [2.24, 2.45) is 5.92 Å². The first-order chi connectivity index (χ1) is 7.72. The van der Waals surface area contributed by atoms with Crippen LogP contribution >= 0.6 is 23.2 Å². The van der Waals surface area contributed by atoms with E-state index in [1.807, 2.05) is 18.2 Å². The van der Waals surface area contributed by atoms with E-state index >= 15 is 0 Å². The average molecular weight is 258 g/mol. The molecule has 2 rings (SSSR count). The highest BCUT2D eigenvalue weighted by molar-refractivity contribution is 6.31. The molecule has 1 aromatic rings. The molecule has 0 aromatic heterocycles. The van der Waals surface area contributed by atoms with Crippen molar-refractivity contribution in [3.8, 4) is 0 Å². The van der Waals surface area contributed by atoms with Crippen LogP contribution in [0.5, 0.6) is 0 Å². The summed E-state index contributed by atoms with van der Waals surface area (Å²) >= 11 is 12.2. The lowest BCUT2D eigenvalue weighted by Crippen LogP contribution is -2.33. The van der Waals surface area contributed by atoms with E-state index in [1.165, 1.54) is 12.0 Å². The molecule has 0 bridgehead atoms. The Kier molecular flexibility index (Phi) is 4.12. The normalized spacial score (nSPS) is 26.2. The molecule has 1 aromatic carbocycles. The zero-order valence-corrected chi connectivity index (χ0v) is 11.0. The van der Waals surface area contributed by atoms with Gasteiger partial charge in [-0.25, -0.2) is 0 Å². The minimum atomic E-state index is 0.498. The maximum absolute atomic E-state index is 6.17. The van der Waals surface area contributed by atoms with Gasteiger partial charge in [0.05, 0.1) is 0 Å². The van der Waals surface area contributed by atoms with Crippen LogP contribution in [0.4, 0.5) is 0 Å². The fourth-order valence-electron chi connectivity index (χ4n) is 2.38. The predicted octanol–water partition coefficient (Wildman–Crippen LogP) is 3.79. The maximum atomic E-state index is 6.17. The number of benzene rings is 1. The third-order valence-corrected chi connectivity index (χ3v) is 4.17. The van der Waals surface area contributed by atoms with Crippen molar-refractivity contribution in [1.29, 1.82) is 0 Å². The van der Waals surface area contributed by atoms with Crippen LogP contribution in [0.25, 0.3) is 0 Å².